The Hall–Kier alpha value is -2.47. The molecule has 98 valence electrons. The van der Waals surface area contributed by atoms with E-state index in [0.717, 1.165) is 0 Å². The van der Waals surface area contributed by atoms with Crippen LogP contribution in [0.25, 0.3) is 5.69 Å². The van der Waals surface area contributed by atoms with Crippen LogP contribution in [0.2, 0.25) is 0 Å². The normalized spacial score (nSPS) is 10.2. The molecule has 1 aromatic heterocycles. The molecule has 0 atom stereocenters. The van der Waals surface area contributed by atoms with Gasteiger partial charge in [-0.1, -0.05) is 18.2 Å². The van der Waals surface area contributed by atoms with E-state index >= 15 is 0 Å². The highest BCUT2D eigenvalue weighted by molar-refractivity contribution is 5.91. The second kappa shape index (κ2) is 5.92. The topological polar surface area (TPSA) is 73.2 Å². The summed E-state index contributed by atoms with van der Waals surface area (Å²) in [6.45, 7) is 2.10. The van der Waals surface area contributed by atoms with Crippen LogP contribution in [0.3, 0.4) is 0 Å². The van der Waals surface area contributed by atoms with E-state index in [1.54, 1.807) is 31.2 Å². The Morgan fingerprint density at radius 2 is 2.00 bits per heavy atom. The number of rotatable bonds is 4. The Bertz CT molecular complexity index is 623. The van der Waals surface area contributed by atoms with Crippen LogP contribution in [-0.4, -0.2) is 22.3 Å². The molecule has 0 saturated carbocycles. The van der Waals surface area contributed by atoms with Crippen molar-refractivity contribution >= 4 is 5.91 Å². The molecule has 1 aromatic carbocycles. The van der Waals surface area contributed by atoms with Crippen molar-refractivity contribution in [3.8, 4) is 5.69 Å². The molecule has 0 bridgehead atoms. The zero-order chi connectivity index (χ0) is 13.7. The summed E-state index contributed by atoms with van der Waals surface area (Å²) in [7, 11) is 0. The van der Waals surface area contributed by atoms with Crippen molar-refractivity contribution < 1.29 is 9.63 Å². The summed E-state index contributed by atoms with van der Waals surface area (Å²) >= 11 is 0. The van der Waals surface area contributed by atoms with Gasteiger partial charge in [0.15, 0.2) is 5.69 Å². The van der Waals surface area contributed by atoms with E-state index < -0.39 is 5.91 Å². The van der Waals surface area contributed by atoms with E-state index in [2.05, 4.69) is 10.6 Å². The average Bonchev–Trinajstić information content (AvgIpc) is 2.46. The molecule has 0 saturated heterocycles. The second-order valence-corrected chi connectivity index (χ2v) is 3.67. The third-order valence-corrected chi connectivity index (χ3v) is 2.34. The SMILES string of the molecule is CCONC(=O)c1ccc(=O)n(-c2ccccc2)n1. The van der Waals surface area contributed by atoms with E-state index in [-0.39, 0.29) is 11.3 Å². The van der Waals surface area contributed by atoms with Gasteiger partial charge >= 0.3 is 0 Å². The molecule has 0 spiro atoms. The number of carbonyl (C=O) groups is 1. The van der Waals surface area contributed by atoms with Crippen LogP contribution in [0.5, 0.6) is 0 Å². The molecular formula is C13H13N3O3. The predicted octanol–water partition coefficient (Wildman–Crippen LogP) is 0.914. The lowest BCUT2D eigenvalue weighted by molar-refractivity contribution is 0.0358. The molecule has 0 aliphatic carbocycles. The largest absolute Gasteiger partial charge is 0.295 e. The Morgan fingerprint density at radius 3 is 2.68 bits per heavy atom. The average molecular weight is 259 g/mol. The molecule has 0 radical (unpaired) electrons. The number of carbonyl (C=O) groups excluding carboxylic acids is 1. The van der Waals surface area contributed by atoms with Gasteiger partial charge in [0, 0.05) is 6.07 Å². The van der Waals surface area contributed by atoms with Crippen molar-refractivity contribution in [1.82, 2.24) is 15.3 Å². The Labute approximate surface area is 109 Å². The van der Waals surface area contributed by atoms with Crippen LogP contribution >= 0.6 is 0 Å². The summed E-state index contributed by atoms with van der Waals surface area (Å²) in [5.74, 6) is -0.494. The molecule has 1 amide bonds. The first kappa shape index (κ1) is 13.0. The molecule has 19 heavy (non-hydrogen) atoms. The van der Waals surface area contributed by atoms with Gasteiger partial charge in [-0.25, -0.2) is 5.48 Å². The highest BCUT2D eigenvalue weighted by Gasteiger charge is 2.10. The van der Waals surface area contributed by atoms with Gasteiger partial charge in [0.2, 0.25) is 0 Å². The molecule has 2 aromatic rings. The van der Waals surface area contributed by atoms with Crippen molar-refractivity contribution in [1.29, 1.82) is 0 Å². The Balaban J connectivity index is 2.35. The van der Waals surface area contributed by atoms with Crippen LogP contribution in [0.1, 0.15) is 17.4 Å². The van der Waals surface area contributed by atoms with Crippen LogP contribution in [-0.2, 0) is 4.84 Å². The highest BCUT2D eigenvalue weighted by Crippen LogP contribution is 2.02. The van der Waals surface area contributed by atoms with Gasteiger partial charge in [-0.3, -0.25) is 14.4 Å². The first-order chi connectivity index (χ1) is 9.22. The minimum atomic E-state index is -0.494. The minimum absolute atomic E-state index is 0.108. The lowest BCUT2D eigenvalue weighted by atomic mass is 10.3. The molecule has 0 aliphatic heterocycles. The highest BCUT2D eigenvalue weighted by atomic mass is 16.6. The summed E-state index contributed by atoms with van der Waals surface area (Å²) in [6, 6.07) is 11.5. The number of aromatic nitrogens is 2. The lowest BCUT2D eigenvalue weighted by Crippen LogP contribution is -2.29. The van der Waals surface area contributed by atoms with Gasteiger partial charge in [0.25, 0.3) is 11.5 Å². The van der Waals surface area contributed by atoms with Gasteiger partial charge < -0.3 is 0 Å². The number of benzene rings is 1. The lowest BCUT2D eigenvalue weighted by Gasteiger charge is -2.07. The maximum atomic E-state index is 11.7. The van der Waals surface area contributed by atoms with Crippen molar-refractivity contribution in [3.05, 3.63) is 58.5 Å². The standard InChI is InChI=1S/C13H13N3O3/c1-2-19-15-13(18)11-8-9-12(17)16(14-11)10-6-4-3-5-7-10/h3-9H,2H2,1H3,(H,15,18). The van der Waals surface area contributed by atoms with E-state index in [4.69, 9.17) is 4.84 Å². The van der Waals surface area contributed by atoms with Crippen molar-refractivity contribution in [2.75, 3.05) is 6.61 Å². The fourth-order valence-corrected chi connectivity index (χ4v) is 1.48. The summed E-state index contributed by atoms with van der Waals surface area (Å²) in [5, 5.41) is 4.01. The van der Waals surface area contributed by atoms with Gasteiger partial charge in [-0.05, 0) is 25.1 Å². The molecule has 6 heteroatoms. The van der Waals surface area contributed by atoms with Crippen molar-refractivity contribution in [2.45, 2.75) is 6.92 Å². The first-order valence-corrected chi connectivity index (χ1v) is 5.80. The fourth-order valence-electron chi connectivity index (χ4n) is 1.48. The van der Waals surface area contributed by atoms with E-state index in [1.165, 1.54) is 16.8 Å². The van der Waals surface area contributed by atoms with Crippen LogP contribution in [0.15, 0.2) is 47.3 Å². The smallest absolute Gasteiger partial charge is 0.274 e. The Morgan fingerprint density at radius 1 is 1.26 bits per heavy atom. The number of nitrogens with one attached hydrogen (secondary N) is 1. The molecule has 0 aliphatic rings. The number of nitrogens with zero attached hydrogens (tertiary/aromatic N) is 2. The van der Waals surface area contributed by atoms with Gasteiger partial charge in [0.05, 0.1) is 12.3 Å². The third kappa shape index (κ3) is 3.05. The molecule has 0 unspecified atom stereocenters. The van der Waals surface area contributed by atoms with Crippen LogP contribution in [0.4, 0.5) is 0 Å². The van der Waals surface area contributed by atoms with Crippen LogP contribution in [0, 0.1) is 0 Å². The monoisotopic (exact) mass is 259 g/mol. The van der Waals surface area contributed by atoms with Crippen LogP contribution < -0.4 is 11.0 Å². The molecule has 6 nitrogen and oxygen atoms in total. The summed E-state index contributed by atoms with van der Waals surface area (Å²) in [4.78, 5) is 28.2. The van der Waals surface area contributed by atoms with Crippen molar-refractivity contribution in [2.24, 2.45) is 0 Å². The minimum Gasteiger partial charge on any atom is -0.274 e. The Kier molecular flexibility index (Phi) is 4.04. The second-order valence-electron chi connectivity index (χ2n) is 3.67. The zero-order valence-electron chi connectivity index (χ0n) is 10.4. The van der Waals surface area contributed by atoms with Crippen molar-refractivity contribution in [3.63, 3.8) is 0 Å². The maximum absolute atomic E-state index is 11.7. The number of para-hydroxylation sites is 1. The third-order valence-electron chi connectivity index (χ3n) is 2.34. The first-order valence-electron chi connectivity index (χ1n) is 5.80. The van der Waals surface area contributed by atoms with Gasteiger partial charge in [-0.2, -0.15) is 9.78 Å². The quantitative estimate of drug-likeness (QED) is 0.828. The maximum Gasteiger partial charge on any atom is 0.295 e. The number of hydrogen-bond acceptors (Lipinski definition) is 4. The molecule has 2 rings (SSSR count). The number of hydroxylamine groups is 1. The summed E-state index contributed by atoms with van der Waals surface area (Å²) < 4.78 is 1.17. The van der Waals surface area contributed by atoms with Gasteiger partial charge in [0.1, 0.15) is 0 Å². The molecule has 1 N–H and O–H groups in total. The van der Waals surface area contributed by atoms with E-state index in [1.807, 2.05) is 6.07 Å². The predicted molar refractivity (Wildman–Crippen MR) is 68.9 cm³/mol. The zero-order valence-corrected chi connectivity index (χ0v) is 10.4. The number of hydrogen-bond donors (Lipinski definition) is 1. The summed E-state index contributed by atoms with van der Waals surface area (Å²) in [6.07, 6.45) is 0. The number of amides is 1. The molecular weight excluding hydrogens is 246 g/mol. The fraction of sp³-hybridized carbons (Fsp3) is 0.154. The summed E-state index contributed by atoms with van der Waals surface area (Å²) in [5.41, 5.74) is 2.63. The van der Waals surface area contributed by atoms with Gasteiger partial charge in [-0.15, -0.1) is 0 Å². The molecule has 0 fully saturated rings. The molecule has 1 heterocycles. The van der Waals surface area contributed by atoms with E-state index in [0.29, 0.717) is 12.3 Å². The van der Waals surface area contributed by atoms with E-state index in [9.17, 15) is 9.59 Å².